The monoisotopic (exact) mass is 696 g/mol. The number of ether oxygens (including phenoxy) is 1. The number of nitrogens with one attached hydrogen (secondary N) is 2. The number of phenolic OH excluding ortho intramolecular Hbond substituents is 2. The molecule has 1 aliphatic heterocycles. The van der Waals surface area contributed by atoms with Gasteiger partial charge in [-0.15, -0.1) is 0 Å². The molecule has 0 unspecified atom stereocenters. The molecule has 0 aromatic heterocycles. The van der Waals surface area contributed by atoms with Crippen molar-refractivity contribution in [2.45, 2.75) is 29.2 Å². The van der Waals surface area contributed by atoms with Crippen LogP contribution in [-0.2, 0) is 31.3 Å². The van der Waals surface area contributed by atoms with E-state index in [1.807, 2.05) is 4.72 Å². The lowest BCUT2D eigenvalue weighted by atomic mass is 10.0. The van der Waals surface area contributed by atoms with Gasteiger partial charge in [0, 0.05) is 31.9 Å². The Morgan fingerprint density at radius 3 is 2.21 bits per heavy atom. The minimum absolute atomic E-state index is 0.0386. The van der Waals surface area contributed by atoms with Gasteiger partial charge in [0.25, 0.3) is 31.6 Å². The SMILES string of the molecule is O=C(NS(=O)(=O)c1ccc(NCC2CCOCC2)c([N+](=O)[O-])c1)c1ccc(N(Cc2ccccc2)S(=O)(=O)c2ccc(O)cc2)cc1O. The topological polar surface area (TPSA) is 205 Å². The molecular weight excluding hydrogens is 665 g/mol. The molecule has 14 nitrogen and oxygen atoms in total. The van der Waals surface area contributed by atoms with Crippen LogP contribution in [0.2, 0.25) is 0 Å². The number of hydrogen-bond donors (Lipinski definition) is 4. The predicted octanol–water partition coefficient (Wildman–Crippen LogP) is 4.36. The summed E-state index contributed by atoms with van der Waals surface area (Å²) in [6.07, 6.45) is 1.57. The van der Waals surface area contributed by atoms with Gasteiger partial charge in [-0.1, -0.05) is 30.3 Å². The lowest BCUT2D eigenvalue weighted by Crippen LogP contribution is -2.32. The second kappa shape index (κ2) is 14.3. The number of rotatable bonds is 12. The summed E-state index contributed by atoms with van der Waals surface area (Å²) in [5.41, 5.74) is -0.312. The number of nitro groups is 1. The number of aromatic hydroxyl groups is 2. The van der Waals surface area contributed by atoms with E-state index in [1.54, 1.807) is 30.3 Å². The number of amides is 1. The van der Waals surface area contributed by atoms with Crippen molar-refractivity contribution in [1.29, 1.82) is 0 Å². The van der Waals surface area contributed by atoms with Crippen molar-refractivity contribution >= 4 is 43.0 Å². The molecule has 1 saturated heterocycles. The number of sulfonamides is 2. The Kier molecular flexibility index (Phi) is 10.2. The van der Waals surface area contributed by atoms with Crippen LogP contribution >= 0.6 is 0 Å². The van der Waals surface area contributed by atoms with Gasteiger partial charge in [-0.05, 0) is 72.9 Å². The minimum Gasteiger partial charge on any atom is -0.508 e. The average molecular weight is 697 g/mol. The maximum atomic E-state index is 13.7. The van der Waals surface area contributed by atoms with Crippen LogP contribution in [0.4, 0.5) is 17.1 Å². The maximum Gasteiger partial charge on any atom is 0.293 e. The van der Waals surface area contributed by atoms with Crippen LogP contribution in [0.3, 0.4) is 0 Å². The zero-order valence-corrected chi connectivity index (χ0v) is 27.0. The zero-order chi connectivity index (χ0) is 34.5. The van der Waals surface area contributed by atoms with Crippen molar-refractivity contribution in [2.24, 2.45) is 5.92 Å². The molecule has 4 aromatic carbocycles. The average Bonchev–Trinajstić information content (AvgIpc) is 3.07. The second-order valence-electron chi connectivity index (χ2n) is 11.0. The van der Waals surface area contributed by atoms with E-state index in [0.29, 0.717) is 25.3 Å². The number of nitro benzene ring substituents is 1. The summed E-state index contributed by atoms with van der Waals surface area (Å²) >= 11 is 0. The largest absolute Gasteiger partial charge is 0.508 e. The molecule has 0 spiro atoms. The van der Waals surface area contributed by atoms with E-state index in [9.17, 15) is 42.0 Å². The van der Waals surface area contributed by atoms with Crippen molar-refractivity contribution in [3.8, 4) is 11.5 Å². The van der Waals surface area contributed by atoms with Crippen LogP contribution in [0.1, 0.15) is 28.8 Å². The third kappa shape index (κ3) is 7.84. The summed E-state index contributed by atoms with van der Waals surface area (Å²) in [7, 11) is -8.91. The normalized spacial score (nSPS) is 13.8. The van der Waals surface area contributed by atoms with Crippen molar-refractivity contribution in [2.75, 3.05) is 29.4 Å². The highest BCUT2D eigenvalue weighted by atomic mass is 32.2. The Hall–Kier alpha value is -5.19. The van der Waals surface area contributed by atoms with Gasteiger partial charge in [-0.3, -0.25) is 19.2 Å². The van der Waals surface area contributed by atoms with Gasteiger partial charge in [0.05, 0.1) is 32.5 Å². The van der Waals surface area contributed by atoms with Crippen LogP contribution in [0.15, 0.2) is 101 Å². The first kappa shape index (κ1) is 34.2. The summed E-state index contributed by atoms with van der Waals surface area (Å²) in [4.78, 5) is 23.4. The van der Waals surface area contributed by atoms with E-state index in [4.69, 9.17) is 4.74 Å². The number of phenols is 2. The molecule has 0 bridgehead atoms. The number of benzene rings is 4. The molecule has 4 aromatic rings. The molecule has 1 amide bonds. The van der Waals surface area contributed by atoms with Crippen molar-refractivity contribution < 1.29 is 41.5 Å². The van der Waals surface area contributed by atoms with Crippen LogP contribution in [0, 0.1) is 16.0 Å². The standard InChI is InChI=1S/C32H32N4O10S2/c37-25-7-9-26(10-8-25)48(44,45)35(21-23-4-2-1-3-5-23)24-6-12-28(31(38)18-24)32(39)34-47(42,43)27-11-13-29(30(19-27)36(40)41)33-20-22-14-16-46-17-15-22/h1-13,18-19,22,33,37-38H,14-17,20-21H2,(H,34,39). The van der Waals surface area contributed by atoms with E-state index in [0.717, 1.165) is 41.4 Å². The zero-order valence-electron chi connectivity index (χ0n) is 25.4. The molecule has 1 aliphatic rings. The van der Waals surface area contributed by atoms with Gasteiger partial charge in [-0.2, -0.15) is 0 Å². The first-order valence-corrected chi connectivity index (χ1v) is 17.6. The van der Waals surface area contributed by atoms with Gasteiger partial charge < -0.3 is 20.3 Å². The minimum atomic E-state index is -4.65. The second-order valence-corrected chi connectivity index (χ2v) is 14.5. The van der Waals surface area contributed by atoms with Crippen LogP contribution in [0.25, 0.3) is 0 Å². The Morgan fingerprint density at radius 1 is 0.896 bits per heavy atom. The molecule has 48 heavy (non-hydrogen) atoms. The van der Waals surface area contributed by atoms with Crippen molar-refractivity contribution in [3.05, 3.63) is 112 Å². The fraction of sp³-hybridized carbons (Fsp3) is 0.219. The van der Waals surface area contributed by atoms with Gasteiger partial charge in [0.2, 0.25) is 0 Å². The lowest BCUT2D eigenvalue weighted by molar-refractivity contribution is -0.384. The molecule has 252 valence electrons. The van der Waals surface area contributed by atoms with Crippen LogP contribution in [0.5, 0.6) is 11.5 Å². The highest BCUT2D eigenvalue weighted by molar-refractivity contribution is 7.92. The van der Waals surface area contributed by atoms with E-state index in [-0.39, 0.29) is 34.5 Å². The molecule has 4 N–H and O–H groups in total. The van der Waals surface area contributed by atoms with E-state index in [1.165, 1.54) is 36.4 Å². The Balaban J connectivity index is 1.38. The van der Waals surface area contributed by atoms with Crippen LogP contribution in [-0.4, -0.2) is 57.6 Å². The molecule has 16 heteroatoms. The lowest BCUT2D eigenvalue weighted by Gasteiger charge is -2.25. The maximum absolute atomic E-state index is 13.7. The first-order chi connectivity index (χ1) is 22.8. The number of nitrogens with zero attached hydrogens (tertiary/aromatic N) is 2. The number of anilines is 2. The van der Waals surface area contributed by atoms with Gasteiger partial charge in [-0.25, -0.2) is 21.6 Å². The Bertz CT molecular complexity index is 2020. The molecule has 1 fully saturated rings. The van der Waals surface area contributed by atoms with E-state index < -0.39 is 52.8 Å². The molecule has 1 heterocycles. The van der Waals surface area contributed by atoms with Crippen molar-refractivity contribution in [3.63, 3.8) is 0 Å². The molecule has 0 saturated carbocycles. The summed E-state index contributed by atoms with van der Waals surface area (Å²) in [6.45, 7) is 1.45. The smallest absolute Gasteiger partial charge is 0.293 e. The summed E-state index contributed by atoms with van der Waals surface area (Å²) in [6, 6.07) is 20.0. The molecule has 0 atom stereocenters. The third-order valence-corrected chi connectivity index (χ3v) is 10.8. The number of hydrogen-bond acceptors (Lipinski definition) is 11. The summed E-state index contributed by atoms with van der Waals surface area (Å²) < 4.78 is 61.8. The fourth-order valence-electron chi connectivity index (χ4n) is 5.10. The molecule has 0 aliphatic carbocycles. The quantitative estimate of drug-likeness (QED) is 0.121. The van der Waals surface area contributed by atoms with E-state index in [2.05, 4.69) is 5.32 Å². The van der Waals surface area contributed by atoms with Crippen molar-refractivity contribution in [1.82, 2.24) is 4.72 Å². The third-order valence-electron chi connectivity index (χ3n) is 7.73. The highest BCUT2D eigenvalue weighted by Crippen LogP contribution is 2.32. The molecule has 0 radical (unpaired) electrons. The van der Waals surface area contributed by atoms with Gasteiger partial charge in [0.1, 0.15) is 17.2 Å². The Morgan fingerprint density at radius 2 is 1.56 bits per heavy atom. The Labute approximate surface area is 276 Å². The van der Waals surface area contributed by atoms with E-state index >= 15 is 0 Å². The van der Waals surface area contributed by atoms with Gasteiger partial charge in [0.15, 0.2) is 0 Å². The van der Waals surface area contributed by atoms with Gasteiger partial charge >= 0.3 is 0 Å². The summed E-state index contributed by atoms with van der Waals surface area (Å²) in [5, 5.41) is 35.3. The summed E-state index contributed by atoms with van der Waals surface area (Å²) in [5.74, 6) is -1.88. The molecular formula is C32H32N4O10S2. The fourth-order valence-corrected chi connectivity index (χ4v) is 7.53. The number of carbonyl (C=O) groups excluding carboxylic acids is 1. The van der Waals surface area contributed by atoms with Crippen LogP contribution < -0.4 is 14.3 Å². The predicted molar refractivity (Wildman–Crippen MR) is 176 cm³/mol. The first-order valence-electron chi connectivity index (χ1n) is 14.7. The molecule has 5 rings (SSSR count). The highest BCUT2D eigenvalue weighted by Gasteiger charge is 2.29. The number of carbonyl (C=O) groups is 1.